The van der Waals surface area contributed by atoms with Crippen LogP contribution in [0, 0.1) is 0 Å². The van der Waals surface area contributed by atoms with Gasteiger partial charge in [-0.25, -0.2) is 8.42 Å². The van der Waals surface area contributed by atoms with Crippen molar-refractivity contribution < 1.29 is 27.9 Å². The number of sulfonamides is 1. The lowest BCUT2D eigenvalue weighted by atomic mass is 10.2. The van der Waals surface area contributed by atoms with E-state index in [-0.39, 0.29) is 28.5 Å². The van der Waals surface area contributed by atoms with Gasteiger partial charge >= 0.3 is 0 Å². The number of rotatable bonds is 9. The maximum absolute atomic E-state index is 12.6. The molecule has 2 aromatic carbocycles. The second-order valence-corrected chi connectivity index (χ2v) is 7.94. The molecule has 29 heavy (non-hydrogen) atoms. The summed E-state index contributed by atoms with van der Waals surface area (Å²) in [5.74, 6) is -1.09. The van der Waals surface area contributed by atoms with Crippen LogP contribution in [0.3, 0.4) is 0 Å². The average molecular weight is 421 g/mol. The van der Waals surface area contributed by atoms with E-state index in [2.05, 4.69) is 5.32 Å². The number of aromatic hydroxyl groups is 1. The third kappa shape index (κ3) is 5.46. The molecule has 0 fully saturated rings. The summed E-state index contributed by atoms with van der Waals surface area (Å²) >= 11 is 0. The summed E-state index contributed by atoms with van der Waals surface area (Å²) in [6.07, 6.45) is 0. The van der Waals surface area contributed by atoms with Gasteiger partial charge in [0.25, 0.3) is 11.8 Å². The molecule has 156 valence electrons. The molecule has 0 bridgehead atoms. The van der Waals surface area contributed by atoms with E-state index in [1.165, 1.54) is 46.8 Å². The lowest BCUT2D eigenvalue weighted by Gasteiger charge is -2.19. The summed E-state index contributed by atoms with van der Waals surface area (Å²) in [7, 11) is -3.74. The van der Waals surface area contributed by atoms with Gasteiger partial charge in [-0.3, -0.25) is 9.59 Å². The minimum Gasteiger partial charge on any atom is -0.506 e. The number of phenolic OH excluding ortho intramolecular Hbond substituents is 1. The molecule has 0 atom stereocenters. The number of amides is 2. The van der Waals surface area contributed by atoms with E-state index >= 15 is 0 Å². The molecule has 0 unspecified atom stereocenters. The van der Waals surface area contributed by atoms with Crippen LogP contribution in [0.4, 0.5) is 5.69 Å². The Hall–Kier alpha value is -3.11. The number of nitrogens with zero attached hydrogens (tertiary/aromatic N) is 1. The van der Waals surface area contributed by atoms with E-state index in [1.807, 2.05) is 0 Å². The maximum Gasteiger partial charge on any atom is 0.255 e. The van der Waals surface area contributed by atoms with Gasteiger partial charge < -0.3 is 20.9 Å². The number of anilines is 1. The fourth-order valence-electron chi connectivity index (χ4n) is 2.54. The number of phenols is 1. The first kappa shape index (κ1) is 22.2. The molecular formula is C19H23N3O6S. The van der Waals surface area contributed by atoms with E-state index in [0.29, 0.717) is 18.8 Å². The predicted octanol–water partition coefficient (Wildman–Crippen LogP) is 1.54. The first-order valence-electron chi connectivity index (χ1n) is 8.84. The monoisotopic (exact) mass is 421 g/mol. The summed E-state index contributed by atoms with van der Waals surface area (Å²) < 4.78 is 31.7. The van der Waals surface area contributed by atoms with Crippen LogP contribution in [0.15, 0.2) is 47.4 Å². The Balaban J connectivity index is 2.21. The Morgan fingerprint density at radius 2 is 1.72 bits per heavy atom. The van der Waals surface area contributed by atoms with Crippen LogP contribution in [-0.4, -0.2) is 49.3 Å². The summed E-state index contributed by atoms with van der Waals surface area (Å²) in [6, 6.07) is 9.60. The molecule has 4 N–H and O–H groups in total. The fourth-order valence-corrected chi connectivity index (χ4v) is 4.02. The molecule has 9 nitrogen and oxygen atoms in total. The summed E-state index contributed by atoms with van der Waals surface area (Å²) in [5, 5.41) is 12.5. The number of hydrogen-bond acceptors (Lipinski definition) is 6. The first-order chi connectivity index (χ1) is 13.7. The normalized spacial score (nSPS) is 11.3. The molecule has 0 saturated carbocycles. The molecule has 2 aromatic rings. The van der Waals surface area contributed by atoms with Gasteiger partial charge in [0.2, 0.25) is 10.0 Å². The number of carbonyl (C=O) groups is 2. The highest BCUT2D eigenvalue weighted by atomic mass is 32.2. The second-order valence-electron chi connectivity index (χ2n) is 6.00. The molecule has 0 aromatic heterocycles. The van der Waals surface area contributed by atoms with Crippen LogP contribution in [-0.2, 0) is 14.8 Å². The van der Waals surface area contributed by atoms with Crippen molar-refractivity contribution >= 4 is 27.5 Å². The van der Waals surface area contributed by atoms with Crippen molar-refractivity contribution in [3.63, 3.8) is 0 Å². The van der Waals surface area contributed by atoms with Crippen LogP contribution < -0.4 is 15.8 Å². The predicted molar refractivity (Wildman–Crippen MR) is 107 cm³/mol. The number of benzene rings is 2. The highest BCUT2D eigenvalue weighted by molar-refractivity contribution is 7.89. The summed E-state index contributed by atoms with van der Waals surface area (Å²) in [6.45, 7) is 3.76. The molecule has 0 spiro atoms. The van der Waals surface area contributed by atoms with Gasteiger partial charge in [0, 0.05) is 18.7 Å². The van der Waals surface area contributed by atoms with Crippen molar-refractivity contribution in [2.24, 2.45) is 5.73 Å². The maximum atomic E-state index is 12.6. The zero-order chi connectivity index (χ0) is 21.6. The minimum atomic E-state index is -3.74. The van der Waals surface area contributed by atoms with Crippen LogP contribution in [0.2, 0.25) is 0 Å². The Kier molecular flexibility index (Phi) is 7.18. The van der Waals surface area contributed by atoms with Crippen molar-refractivity contribution in [3.8, 4) is 11.5 Å². The number of hydrogen-bond donors (Lipinski definition) is 3. The van der Waals surface area contributed by atoms with Crippen LogP contribution in [0.5, 0.6) is 11.5 Å². The van der Waals surface area contributed by atoms with Crippen LogP contribution >= 0.6 is 0 Å². The highest BCUT2D eigenvalue weighted by Gasteiger charge is 2.23. The SMILES string of the molecule is CCN(CC)S(=O)(=O)c1ccc(O)c(NC(=O)c2ccc(OCC(N)=O)cc2)c1. The Bertz CT molecular complexity index is 986. The number of nitrogens with two attached hydrogens (primary N) is 1. The Labute approximate surface area is 169 Å². The Morgan fingerprint density at radius 3 is 2.28 bits per heavy atom. The smallest absolute Gasteiger partial charge is 0.255 e. The summed E-state index contributed by atoms with van der Waals surface area (Å²) in [5.41, 5.74) is 5.21. The number of nitrogens with one attached hydrogen (secondary N) is 1. The van der Waals surface area contributed by atoms with Crippen molar-refractivity contribution in [1.29, 1.82) is 0 Å². The van der Waals surface area contributed by atoms with Crippen molar-refractivity contribution in [2.45, 2.75) is 18.7 Å². The molecule has 0 heterocycles. The van der Waals surface area contributed by atoms with Gasteiger partial charge in [-0.2, -0.15) is 4.31 Å². The zero-order valence-corrected chi connectivity index (χ0v) is 16.9. The lowest BCUT2D eigenvalue weighted by Crippen LogP contribution is -2.30. The molecule has 0 aliphatic rings. The molecular weight excluding hydrogens is 398 g/mol. The van der Waals surface area contributed by atoms with Gasteiger partial charge in [0.15, 0.2) is 6.61 Å². The first-order valence-corrected chi connectivity index (χ1v) is 10.3. The lowest BCUT2D eigenvalue weighted by molar-refractivity contribution is -0.119. The molecule has 10 heteroatoms. The van der Waals surface area contributed by atoms with Gasteiger partial charge in [0.05, 0.1) is 10.6 Å². The van der Waals surface area contributed by atoms with Gasteiger partial charge in [0.1, 0.15) is 11.5 Å². The molecule has 2 amide bonds. The van der Waals surface area contributed by atoms with E-state index < -0.39 is 21.8 Å². The molecule has 0 saturated heterocycles. The van der Waals surface area contributed by atoms with Gasteiger partial charge in [-0.15, -0.1) is 0 Å². The number of carbonyl (C=O) groups excluding carboxylic acids is 2. The number of ether oxygens (including phenoxy) is 1. The van der Waals surface area contributed by atoms with Crippen molar-refractivity contribution in [2.75, 3.05) is 25.0 Å². The van der Waals surface area contributed by atoms with Gasteiger partial charge in [-0.05, 0) is 42.5 Å². The molecule has 2 rings (SSSR count). The Morgan fingerprint density at radius 1 is 1.10 bits per heavy atom. The quantitative estimate of drug-likeness (QED) is 0.525. The molecule has 0 radical (unpaired) electrons. The standard InChI is InChI=1S/C19H23N3O6S/c1-3-22(4-2)29(26,27)15-9-10-17(23)16(11-15)21-19(25)13-5-7-14(8-6-13)28-12-18(20)24/h5-11,23H,3-4,12H2,1-2H3,(H2,20,24)(H,21,25). The third-order valence-corrected chi connectivity index (χ3v) is 6.10. The van der Waals surface area contributed by atoms with E-state index in [4.69, 9.17) is 10.5 Å². The van der Waals surface area contributed by atoms with E-state index in [1.54, 1.807) is 13.8 Å². The topological polar surface area (TPSA) is 139 Å². The highest BCUT2D eigenvalue weighted by Crippen LogP contribution is 2.28. The second kappa shape index (κ2) is 9.39. The largest absolute Gasteiger partial charge is 0.506 e. The molecule has 0 aliphatic heterocycles. The fraction of sp³-hybridized carbons (Fsp3) is 0.263. The van der Waals surface area contributed by atoms with Crippen molar-refractivity contribution in [3.05, 3.63) is 48.0 Å². The van der Waals surface area contributed by atoms with Crippen LogP contribution in [0.1, 0.15) is 24.2 Å². The van der Waals surface area contributed by atoms with Gasteiger partial charge in [-0.1, -0.05) is 13.8 Å². The van der Waals surface area contributed by atoms with Crippen LogP contribution in [0.25, 0.3) is 0 Å². The minimum absolute atomic E-state index is 0.0303. The summed E-state index contributed by atoms with van der Waals surface area (Å²) in [4.78, 5) is 23.1. The molecule has 0 aliphatic carbocycles. The van der Waals surface area contributed by atoms with E-state index in [0.717, 1.165) is 0 Å². The van der Waals surface area contributed by atoms with E-state index in [9.17, 15) is 23.1 Å². The number of primary amides is 1. The zero-order valence-electron chi connectivity index (χ0n) is 16.1. The van der Waals surface area contributed by atoms with Crippen molar-refractivity contribution in [1.82, 2.24) is 4.31 Å². The average Bonchev–Trinajstić information content (AvgIpc) is 2.69. The third-order valence-electron chi connectivity index (χ3n) is 4.06.